The van der Waals surface area contributed by atoms with Crippen LogP contribution < -0.4 is 9.47 Å². The molecule has 0 atom stereocenters. The summed E-state index contributed by atoms with van der Waals surface area (Å²) >= 11 is 0. The number of nitriles is 1. The van der Waals surface area contributed by atoms with Gasteiger partial charge in [0.2, 0.25) is 0 Å². The summed E-state index contributed by atoms with van der Waals surface area (Å²) in [5.74, 6) is 0.927. The fraction of sp³-hybridized carbons (Fsp3) is 0.188. The molecule has 1 aromatic carbocycles. The van der Waals surface area contributed by atoms with E-state index in [0.717, 1.165) is 0 Å². The van der Waals surface area contributed by atoms with E-state index in [4.69, 9.17) is 14.7 Å². The molecule has 2 rings (SSSR count). The third-order valence-corrected chi connectivity index (χ3v) is 2.95. The largest absolute Gasteiger partial charge is 0.497 e. The molecule has 1 heterocycles. The minimum atomic E-state index is -0.0978. The zero-order valence-electron chi connectivity index (χ0n) is 11.8. The third-order valence-electron chi connectivity index (χ3n) is 2.95. The van der Waals surface area contributed by atoms with Crippen LogP contribution in [0.1, 0.15) is 28.5 Å². The Labute approximate surface area is 122 Å². The van der Waals surface area contributed by atoms with Gasteiger partial charge in [0.15, 0.2) is 5.78 Å². The molecule has 5 nitrogen and oxygen atoms in total. The number of carbonyl (C=O) groups is 1. The number of pyridine rings is 1. The Morgan fingerprint density at radius 1 is 1.38 bits per heavy atom. The molecule has 0 bridgehead atoms. The van der Waals surface area contributed by atoms with Gasteiger partial charge in [-0.25, -0.2) is 4.98 Å². The lowest BCUT2D eigenvalue weighted by Gasteiger charge is -2.11. The predicted molar refractivity (Wildman–Crippen MR) is 76.3 cm³/mol. The summed E-state index contributed by atoms with van der Waals surface area (Å²) in [5.41, 5.74) is 1.44. The Bertz CT molecular complexity index is 705. The summed E-state index contributed by atoms with van der Waals surface area (Å²) in [7, 11) is 1.54. The van der Waals surface area contributed by atoms with E-state index in [1.165, 1.54) is 6.92 Å². The van der Waals surface area contributed by atoms with Crippen LogP contribution in [-0.4, -0.2) is 17.9 Å². The highest BCUT2D eigenvalue weighted by molar-refractivity contribution is 5.97. The van der Waals surface area contributed by atoms with Gasteiger partial charge >= 0.3 is 0 Å². The van der Waals surface area contributed by atoms with E-state index in [1.807, 2.05) is 6.07 Å². The van der Waals surface area contributed by atoms with Crippen LogP contribution in [-0.2, 0) is 6.61 Å². The molecule has 0 aliphatic heterocycles. The fourth-order valence-corrected chi connectivity index (χ4v) is 1.85. The summed E-state index contributed by atoms with van der Waals surface area (Å²) in [4.78, 5) is 15.6. The van der Waals surface area contributed by atoms with Gasteiger partial charge in [-0.3, -0.25) is 4.79 Å². The van der Waals surface area contributed by atoms with Crippen LogP contribution in [0.25, 0.3) is 0 Å². The van der Waals surface area contributed by atoms with E-state index in [1.54, 1.807) is 43.6 Å². The van der Waals surface area contributed by atoms with E-state index in [9.17, 15) is 4.79 Å². The Kier molecular flexibility index (Phi) is 4.52. The van der Waals surface area contributed by atoms with E-state index < -0.39 is 0 Å². The average molecular weight is 282 g/mol. The number of hydrogen-bond donors (Lipinski definition) is 0. The Morgan fingerprint density at radius 2 is 2.19 bits per heavy atom. The summed E-state index contributed by atoms with van der Waals surface area (Å²) < 4.78 is 10.8. The molecule has 5 heteroatoms. The first-order chi connectivity index (χ1) is 10.2. The van der Waals surface area contributed by atoms with Gasteiger partial charge in [-0.15, -0.1) is 0 Å². The zero-order chi connectivity index (χ0) is 15.2. The van der Waals surface area contributed by atoms with Crippen molar-refractivity contribution in [3.05, 3.63) is 53.3 Å². The Morgan fingerprint density at radius 3 is 2.86 bits per heavy atom. The maximum absolute atomic E-state index is 11.6. The smallest absolute Gasteiger partial charge is 0.163 e. The van der Waals surface area contributed by atoms with Gasteiger partial charge in [-0.05, 0) is 25.1 Å². The third kappa shape index (κ3) is 3.37. The molecule has 0 amide bonds. The van der Waals surface area contributed by atoms with Gasteiger partial charge < -0.3 is 9.47 Å². The van der Waals surface area contributed by atoms with Gasteiger partial charge in [0.25, 0.3) is 0 Å². The van der Waals surface area contributed by atoms with Crippen molar-refractivity contribution in [2.24, 2.45) is 0 Å². The molecule has 0 aliphatic carbocycles. The molecule has 0 spiro atoms. The van der Waals surface area contributed by atoms with Gasteiger partial charge in [0.1, 0.15) is 29.9 Å². The monoisotopic (exact) mass is 282 g/mol. The van der Waals surface area contributed by atoms with Crippen LogP contribution in [0.15, 0.2) is 36.5 Å². The standard InChI is InChI=1S/C16H14N2O3/c1-11(19)14-6-5-13(20-2)8-16(14)21-10-12-4-3-7-18-15(12)9-17/h3-8H,10H2,1-2H3. The van der Waals surface area contributed by atoms with Crippen LogP contribution in [0.5, 0.6) is 11.5 Å². The SMILES string of the molecule is COc1ccc(C(C)=O)c(OCc2cccnc2C#N)c1. The predicted octanol–water partition coefficient (Wildman–Crippen LogP) is 2.74. The van der Waals surface area contributed by atoms with Crippen molar-refractivity contribution < 1.29 is 14.3 Å². The number of aromatic nitrogens is 1. The number of ketones is 1. The molecular formula is C16H14N2O3. The second kappa shape index (κ2) is 6.53. The lowest BCUT2D eigenvalue weighted by molar-refractivity contribution is 0.101. The lowest BCUT2D eigenvalue weighted by atomic mass is 10.1. The second-order valence-corrected chi connectivity index (χ2v) is 4.33. The number of nitrogens with zero attached hydrogens (tertiary/aromatic N) is 2. The first kappa shape index (κ1) is 14.5. The molecule has 0 N–H and O–H groups in total. The first-order valence-corrected chi connectivity index (χ1v) is 6.31. The van der Waals surface area contributed by atoms with Gasteiger partial charge in [-0.2, -0.15) is 5.26 Å². The minimum absolute atomic E-state index is 0.0978. The van der Waals surface area contributed by atoms with Crippen molar-refractivity contribution in [1.29, 1.82) is 5.26 Å². The van der Waals surface area contributed by atoms with E-state index in [2.05, 4.69) is 4.98 Å². The number of Topliss-reactive ketones (excluding diaryl/α,β-unsaturated/α-hetero) is 1. The van der Waals surface area contributed by atoms with E-state index >= 15 is 0 Å². The molecule has 0 fully saturated rings. The Hall–Kier alpha value is -2.87. The van der Waals surface area contributed by atoms with Gasteiger partial charge in [-0.1, -0.05) is 6.07 Å². The number of methoxy groups -OCH3 is 1. The highest BCUT2D eigenvalue weighted by Gasteiger charge is 2.11. The normalized spacial score (nSPS) is 9.76. The van der Waals surface area contributed by atoms with Crippen molar-refractivity contribution in [3.63, 3.8) is 0 Å². The van der Waals surface area contributed by atoms with E-state index in [-0.39, 0.29) is 12.4 Å². The van der Waals surface area contributed by atoms with Crippen LogP contribution >= 0.6 is 0 Å². The topological polar surface area (TPSA) is 72.2 Å². The van der Waals surface area contributed by atoms with Crippen molar-refractivity contribution in [2.75, 3.05) is 7.11 Å². The molecule has 106 valence electrons. The van der Waals surface area contributed by atoms with Crippen LogP contribution in [0.2, 0.25) is 0 Å². The minimum Gasteiger partial charge on any atom is -0.497 e. The average Bonchev–Trinajstić information content (AvgIpc) is 2.52. The van der Waals surface area contributed by atoms with Crippen molar-refractivity contribution >= 4 is 5.78 Å². The van der Waals surface area contributed by atoms with Crippen LogP contribution in [0.3, 0.4) is 0 Å². The molecule has 0 saturated heterocycles. The maximum Gasteiger partial charge on any atom is 0.163 e. The van der Waals surface area contributed by atoms with Gasteiger partial charge in [0, 0.05) is 17.8 Å². The quantitative estimate of drug-likeness (QED) is 0.788. The van der Waals surface area contributed by atoms with Gasteiger partial charge in [0.05, 0.1) is 12.7 Å². The first-order valence-electron chi connectivity index (χ1n) is 6.31. The van der Waals surface area contributed by atoms with Crippen LogP contribution in [0.4, 0.5) is 0 Å². The van der Waals surface area contributed by atoms with Crippen molar-refractivity contribution in [3.8, 4) is 17.6 Å². The lowest BCUT2D eigenvalue weighted by Crippen LogP contribution is -2.04. The summed E-state index contributed by atoms with van der Waals surface area (Å²) in [5, 5.41) is 9.00. The van der Waals surface area contributed by atoms with Crippen molar-refractivity contribution in [2.45, 2.75) is 13.5 Å². The number of carbonyl (C=O) groups excluding carboxylic acids is 1. The molecule has 0 aliphatic rings. The number of hydrogen-bond acceptors (Lipinski definition) is 5. The molecule has 2 aromatic rings. The molecule has 0 saturated carbocycles. The fourth-order valence-electron chi connectivity index (χ4n) is 1.85. The van der Waals surface area contributed by atoms with E-state index in [0.29, 0.717) is 28.3 Å². The number of rotatable bonds is 5. The number of ether oxygens (including phenoxy) is 2. The summed E-state index contributed by atoms with van der Waals surface area (Å²) in [6, 6.07) is 10.5. The summed E-state index contributed by atoms with van der Waals surface area (Å²) in [6.45, 7) is 1.63. The van der Waals surface area contributed by atoms with Crippen molar-refractivity contribution in [1.82, 2.24) is 4.98 Å². The molecular weight excluding hydrogens is 268 g/mol. The number of benzene rings is 1. The molecule has 0 radical (unpaired) electrons. The second-order valence-electron chi connectivity index (χ2n) is 4.33. The highest BCUT2D eigenvalue weighted by atomic mass is 16.5. The van der Waals surface area contributed by atoms with Crippen LogP contribution in [0, 0.1) is 11.3 Å². The Balaban J connectivity index is 2.27. The zero-order valence-corrected chi connectivity index (χ0v) is 11.8. The molecule has 1 aromatic heterocycles. The molecule has 0 unspecified atom stereocenters. The highest BCUT2D eigenvalue weighted by Crippen LogP contribution is 2.26. The maximum atomic E-state index is 11.6. The summed E-state index contributed by atoms with van der Waals surface area (Å²) in [6.07, 6.45) is 1.55. The molecule has 21 heavy (non-hydrogen) atoms.